The number of aliphatic hydroxyl groups is 2. The van der Waals surface area contributed by atoms with Gasteiger partial charge in [0.25, 0.3) is 0 Å². The van der Waals surface area contributed by atoms with Crippen LogP contribution in [0.5, 0.6) is 5.75 Å². The van der Waals surface area contributed by atoms with Gasteiger partial charge in [-0.15, -0.1) is 0 Å². The van der Waals surface area contributed by atoms with Gasteiger partial charge in [-0.1, -0.05) is 41.4 Å². The molecule has 3 aromatic rings. The Labute approximate surface area is 238 Å². The van der Waals surface area contributed by atoms with Crippen molar-refractivity contribution in [3.05, 3.63) is 87.7 Å². The lowest BCUT2D eigenvalue weighted by atomic mass is 9.94. The fourth-order valence-electron chi connectivity index (χ4n) is 4.78. The maximum atomic E-state index is 12.0. The Hall–Kier alpha value is -2.88. The second-order valence-corrected chi connectivity index (χ2v) is 10.5. The van der Waals surface area contributed by atoms with Crippen LogP contribution < -0.4 is 9.64 Å². The van der Waals surface area contributed by atoms with E-state index in [4.69, 9.17) is 37.8 Å². The molecule has 2 aromatic carbocycles. The first kappa shape index (κ1) is 29.1. The minimum absolute atomic E-state index is 0.0576. The Morgan fingerprint density at radius 1 is 1.13 bits per heavy atom. The van der Waals surface area contributed by atoms with E-state index < -0.39 is 11.6 Å². The highest BCUT2D eigenvalue weighted by molar-refractivity contribution is 6.33. The van der Waals surface area contributed by atoms with E-state index in [-0.39, 0.29) is 31.6 Å². The molecule has 208 valence electrons. The topological polar surface area (TPSA) is 95.4 Å². The Kier molecular flexibility index (Phi) is 9.69. The quantitative estimate of drug-likeness (QED) is 0.337. The summed E-state index contributed by atoms with van der Waals surface area (Å²) in [5, 5.41) is 21.7. The normalized spacial score (nSPS) is 17.5. The number of hydrogen-bond acceptors (Lipinski definition) is 8. The number of anilines is 1. The van der Waals surface area contributed by atoms with E-state index in [0.29, 0.717) is 47.5 Å². The number of halogens is 2. The monoisotopic (exact) mass is 573 g/mol. The first-order valence-corrected chi connectivity index (χ1v) is 13.6. The van der Waals surface area contributed by atoms with Crippen molar-refractivity contribution in [3.63, 3.8) is 0 Å². The van der Waals surface area contributed by atoms with Gasteiger partial charge >= 0.3 is 5.97 Å². The molecule has 0 aliphatic carbocycles. The van der Waals surface area contributed by atoms with Crippen LogP contribution in [0.4, 0.5) is 5.69 Å². The Morgan fingerprint density at radius 3 is 2.54 bits per heavy atom. The molecule has 8 nitrogen and oxygen atoms in total. The Morgan fingerprint density at radius 2 is 1.90 bits per heavy atom. The van der Waals surface area contributed by atoms with E-state index in [9.17, 15) is 9.90 Å². The number of esters is 1. The fourth-order valence-corrected chi connectivity index (χ4v) is 5.19. The standard InChI is InChI=1S/C29H33Cl2N3O5/c1-3-38-28(36)25-10-6-21(17-32-25)29(2,37)19-33-12-13-34(27(18-33)20-4-7-22(30)8-5-20)26-11-9-23(16-24(26)31)39-15-14-35/h4-11,16-17,27,35,37H,3,12-15,18-19H2,1-2H3/t27-,29+/m0/s1. The van der Waals surface area contributed by atoms with Gasteiger partial charge in [0.2, 0.25) is 0 Å². The summed E-state index contributed by atoms with van der Waals surface area (Å²) >= 11 is 12.9. The molecule has 2 heterocycles. The average molecular weight is 575 g/mol. The summed E-state index contributed by atoms with van der Waals surface area (Å²) in [4.78, 5) is 20.6. The number of nitrogens with zero attached hydrogens (tertiary/aromatic N) is 3. The molecule has 1 saturated heterocycles. The number of piperazine rings is 1. The zero-order valence-corrected chi connectivity index (χ0v) is 23.5. The molecule has 2 N–H and O–H groups in total. The van der Waals surface area contributed by atoms with Crippen LogP contribution in [0.1, 0.15) is 41.5 Å². The van der Waals surface area contributed by atoms with Crippen LogP contribution in [0.2, 0.25) is 10.0 Å². The van der Waals surface area contributed by atoms with Crippen LogP contribution >= 0.6 is 23.2 Å². The first-order valence-electron chi connectivity index (χ1n) is 12.9. The fraction of sp³-hybridized carbons (Fsp3) is 0.379. The van der Waals surface area contributed by atoms with Gasteiger partial charge in [-0.2, -0.15) is 0 Å². The maximum Gasteiger partial charge on any atom is 0.356 e. The number of pyridine rings is 1. The summed E-state index contributed by atoms with van der Waals surface area (Å²) in [6.45, 7) is 6.24. The molecule has 1 aliphatic rings. The van der Waals surface area contributed by atoms with Gasteiger partial charge < -0.3 is 24.6 Å². The third-order valence-electron chi connectivity index (χ3n) is 6.71. The molecule has 1 fully saturated rings. The molecule has 0 radical (unpaired) electrons. The van der Waals surface area contributed by atoms with Gasteiger partial charge in [0.15, 0.2) is 0 Å². The lowest BCUT2D eigenvalue weighted by Gasteiger charge is -2.45. The molecular formula is C29H33Cl2N3O5. The highest BCUT2D eigenvalue weighted by atomic mass is 35.5. The minimum atomic E-state index is -1.20. The summed E-state index contributed by atoms with van der Waals surface area (Å²) < 4.78 is 10.5. The number of ether oxygens (including phenoxy) is 2. The highest BCUT2D eigenvalue weighted by Gasteiger charge is 2.34. The van der Waals surface area contributed by atoms with Crippen molar-refractivity contribution in [2.75, 3.05) is 50.9 Å². The molecule has 39 heavy (non-hydrogen) atoms. The van der Waals surface area contributed by atoms with Gasteiger partial charge in [0.1, 0.15) is 23.7 Å². The maximum absolute atomic E-state index is 12.0. The van der Waals surface area contributed by atoms with Crippen molar-refractivity contribution < 1.29 is 24.5 Å². The molecule has 0 unspecified atom stereocenters. The zero-order valence-electron chi connectivity index (χ0n) is 22.0. The third-order valence-corrected chi connectivity index (χ3v) is 7.26. The van der Waals surface area contributed by atoms with Crippen LogP contribution in [-0.2, 0) is 10.3 Å². The number of aromatic nitrogens is 1. The van der Waals surface area contributed by atoms with Gasteiger partial charge in [0, 0.05) is 49.0 Å². The second-order valence-electron chi connectivity index (χ2n) is 9.61. The van der Waals surface area contributed by atoms with Crippen molar-refractivity contribution in [2.24, 2.45) is 0 Å². The van der Waals surface area contributed by atoms with E-state index in [1.807, 2.05) is 36.4 Å². The number of aliphatic hydroxyl groups excluding tert-OH is 1. The molecule has 2 atom stereocenters. The number of rotatable bonds is 10. The van der Waals surface area contributed by atoms with E-state index in [1.54, 1.807) is 32.0 Å². The number of hydrogen-bond donors (Lipinski definition) is 2. The van der Waals surface area contributed by atoms with Crippen molar-refractivity contribution in [3.8, 4) is 5.75 Å². The molecule has 0 saturated carbocycles. The van der Waals surface area contributed by atoms with Crippen LogP contribution in [0.15, 0.2) is 60.8 Å². The lowest BCUT2D eigenvalue weighted by molar-refractivity contribution is 0.00991. The molecule has 1 aliphatic heterocycles. The van der Waals surface area contributed by atoms with Crippen molar-refractivity contribution in [2.45, 2.75) is 25.5 Å². The molecular weight excluding hydrogens is 541 g/mol. The van der Waals surface area contributed by atoms with Crippen LogP contribution in [-0.4, -0.2) is 72.1 Å². The largest absolute Gasteiger partial charge is 0.491 e. The summed E-state index contributed by atoms with van der Waals surface area (Å²) in [5.41, 5.74) is 1.56. The Balaban J connectivity index is 1.54. The third kappa shape index (κ3) is 7.21. The lowest BCUT2D eigenvalue weighted by Crippen LogP contribution is -2.52. The molecule has 10 heteroatoms. The van der Waals surface area contributed by atoms with E-state index in [0.717, 1.165) is 11.3 Å². The van der Waals surface area contributed by atoms with E-state index in [1.165, 1.54) is 6.20 Å². The van der Waals surface area contributed by atoms with Gasteiger partial charge in [-0.25, -0.2) is 9.78 Å². The van der Waals surface area contributed by atoms with E-state index >= 15 is 0 Å². The summed E-state index contributed by atoms with van der Waals surface area (Å²) in [7, 11) is 0. The molecule has 0 spiro atoms. The Bertz CT molecular complexity index is 1250. The molecule has 1 aromatic heterocycles. The predicted molar refractivity (Wildman–Crippen MR) is 152 cm³/mol. The average Bonchev–Trinajstić information content (AvgIpc) is 2.92. The van der Waals surface area contributed by atoms with Gasteiger partial charge in [-0.3, -0.25) is 4.90 Å². The van der Waals surface area contributed by atoms with Crippen LogP contribution in [0, 0.1) is 0 Å². The summed E-state index contributed by atoms with van der Waals surface area (Å²) in [6.07, 6.45) is 1.53. The van der Waals surface area contributed by atoms with Crippen molar-refractivity contribution >= 4 is 34.9 Å². The number of benzene rings is 2. The smallest absolute Gasteiger partial charge is 0.356 e. The summed E-state index contributed by atoms with van der Waals surface area (Å²) in [5.74, 6) is 0.107. The predicted octanol–water partition coefficient (Wildman–Crippen LogP) is 4.71. The molecule has 0 amide bonds. The minimum Gasteiger partial charge on any atom is -0.491 e. The molecule has 4 rings (SSSR count). The number of carbonyl (C=O) groups excluding carboxylic acids is 1. The van der Waals surface area contributed by atoms with Gasteiger partial charge in [0.05, 0.1) is 30.0 Å². The van der Waals surface area contributed by atoms with Crippen molar-refractivity contribution in [1.29, 1.82) is 0 Å². The first-order chi connectivity index (χ1) is 18.7. The van der Waals surface area contributed by atoms with Crippen LogP contribution in [0.25, 0.3) is 0 Å². The SMILES string of the molecule is CCOC(=O)c1ccc([C@](C)(O)CN2CCN(c3ccc(OCCO)cc3Cl)[C@H](c3ccc(Cl)cc3)C2)cn1. The zero-order chi connectivity index (χ0) is 28.0. The number of carbonyl (C=O) groups is 1. The second kappa shape index (κ2) is 13.0. The van der Waals surface area contributed by atoms with Gasteiger partial charge in [-0.05, 0) is 49.7 Å². The highest BCUT2D eigenvalue weighted by Crippen LogP contribution is 2.38. The number of β-amino-alcohol motifs (C(OH)–C–C–N with tert-alkyl or cyclic N) is 1. The van der Waals surface area contributed by atoms with Crippen molar-refractivity contribution in [1.82, 2.24) is 9.88 Å². The molecule has 0 bridgehead atoms. The van der Waals surface area contributed by atoms with Crippen LogP contribution in [0.3, 0.4) is 0 Å². The summed E-state index contributed by atoms with van der Waals surface area (Å²) in [6, 6.07) is 16.5. The van der Waals surface area contributed by atoms with E-state index in [2.05, 4.69) is 14.8 Å².